The highest BCUT2D eigenvalue weighted by molar-refractivity contribution is 7.15. The van der Waals surface area contributed by atoms with E-state index in [2.05, 4.69) is 41.5 Å². The first-order chi connectivity index (χ1) is 14.1. The highest BCUT2D eigenvalue weighted by Crippen LogP contribution is 2.24. The largest absolute Gasteiger partial charge is 0.492 e. The van der Waals surface area contributed by atoms with Crippen LogP contribution in [-0.2, 0) is 11.2 Å². The number of imidazole rings is 1. The summed E-state index contributed by atoms with van der Waals surface area (Å²) < 4.78 is 20.3. The van der Waals surface area contributed by atoms with Crippen LogP contribution in [-0.4, -0.2) is 28.4 Å². The summed E-state index contributed by atoms with van der Waals surface area (Å²) in [4.78, 5) is 17.8. The average Bonchev–Trinajstić information content (AvgIpc) is 3.29. The fraction of sp³-hybridized carbons (Fsp3) is 0.182. The third-order valence-corrected chi connectivity index (χ3v) is 5.37. The van der Waals surface area contributed by atoms with Crippen LogP contribution in [0.5, 0.6) is 5.75 Å². The Morgan fingerprint density at radius 3 is 2.69 bits per heavy atom. The minimum atomic E-state index is -0.308. The Morgan fingerprint density at radius 1 is 1.17 bits per heavy atom. The molecule has 0 radical (unpaired) electrons. The molecule has 2 aromatic heterocycles. The molecule has 0 bridgehead atoms. The molecule has 0 unspecified atom stereocenters. The summed E-state index contributed by atoms with van der Waals surface area (Å²) in [5.41, 5.74) is 4.05. The van der Waals surface area contributed by atoms with E-state index in [0.717, 1.165) is 21.9 Å². The predicted molar refractivity (Wildman–Crippen MR) is 112 cm³/mol. The number of nitrogens with one attached hydrogen (secondary N) is 1. The van der Waals surface area contributed by atoms with Crippen LogP contribution in [0.25, 0.3) is 16.2 Å². The van der Waals surface area contributed by atoms with Crippen molar-refractivity contribution in [2.45, 2.75) is 13.3 Å². The summed E-state index contributed by atoms with van der Waals surface area (Å²) in [6.45, 7) is 2.75. The van der Waals surface area contributed by atoms with E-state index in [0.29, 0.717) is 18.9 Å². The second-order valence-electron chi connectivity index (χ2n) is 6.70. The Kier molecular flexibility index (Phi) is 5.57. The molecule has 0 aliphatic heterocycles. The molecule has 1 amide bonds. The first-order valence-electron chi connectivity index (χ1n) is 9.26. The summed E-state index contributed by atoms with van der Waals surface area (Å²) >= 11 is 1.52. The van der Waals surface area contributed by atoms with Crippen molar-refractivity contribution in [3.05, 3.63) is 77.2 Å². The minimum absolute atomic E-state index is 0.0852. The van der Waals surface area contributed by atoms with E-state index in [-0.39, 0.29) is 18.1 Å². The summed E-state index contributed by atoms with van der Waals surface area (Å²) in [6.07, 6.45) is 2.23. The average molecular weight is 409 g/mol. The van der Waals surface area contributed by atoms with Crippen molar-refractivity contribution >= 4 is 22.2 Å². The molecule has 4 rings (SSSR count). The highest BCUT2D eigenvalue weighted by Gasteiger charge is 2.12. The molecule has 2 aromatic carbocycles. The van der Waals surface area contributed by atoms with Crippen LogP contribution in [0.3, 0.4) is 0 Å². The first-order valence-corrected chi connectivity index (χ1v) is 10.1. The number of hydrogen-bond acceptors (Lipinski definition) is 4. The fourth-order valence-electron chi connectivity index (χ4n) is 2.94. The third kappa shape index (κ3) is 4.63. The van der Waals surface area contributed by atoms with Crippen molar-refractivity contribution in [2.24, 2.45) is 0 Å². The topological polar surface area (TPSA) is 55.6 Å². The molecule has 0 fully saturated rings. The molecule has 148 valence electrons. The standard InChI is InChI=1S/C22H20FN3O2S/c1-15-2-4-16(5-3-15)20-13-26-18(14-29-22(26)25-20)12-21(27)24-10-11-28-19-8-6-17(23)7-9-19/h2-9,13-14H,10-12H2,1H3,(H,24,27). The lowest BCUT2D eigenvalue weighted by molar-refractivity contribution is -0.120. The molecular weight excluding hydrogens is 389 g/mol. The van der Waals surface area contributed by atoms with E-state index in [1.165, 1.54) is 29.0 Å². The summed E-state index contributed by atoms with van der Waals surface area (Å²) in [7, 11) is 0. The number of rotatable bonds is 7. The van der Waals surface area contributed by atoms with Gasteiger partial charge in [0.1, 0.15) is 18.2 Å². The Balaban J connectivity index is 1.33. The Morgan fingerprint density at radius 2 is 1.93 bits per heavy atom. The normalized spacial score (nSPS) is 11.0. The molecule has 0 saturated heterocycles. The van der Waals surface area contributed by atoms with Gasteiger partial charge in [0, 0.05) is 22.8 Å². The molecule has 0 atom stereocenters. The number of carbonyl (C=O) groups is 1. The minimum Gasteiger partial charge on any atom is -0.492 e. The maximum atomic E-state index is 12.9. The molecule has 4 aromatic rings. The number of nitrogens with zero attached hydrogens (tertiary/aromatic N) is 2. The maximum Gasteiger partial charge on any atom is 0.226 e. The fourth-order valence-corrected chi connectivity index (χ4v) is 3.81. The van der Waals surface area contributed by atoms with Gasteiger partial charge < -0.3 is 10.1 Å². The molecule has 1 N–H and O–H groups in total. The zero-order chi connectivity index (χ0) is 20.2. The maximum absolute atomic E-state index is 12.9. The van der Waals surface area contributed by atoms with Gasteiger partial charge in [-0.05, 0) is 31.2 Å². The number of amides is 1. The van der Waals surface area contributed by atoms with Gasteiger partial charge in [-0.2, -0.15) is 0 Å². The van der Waals surface area contributed by atoms with Crippen LogP contribution in [0.15, 0.2) is 60.1 Å². The zero-order valence-electron chi connectivity index (χ0n) is 15.9. The molecule has 0 spiro atoms. The van der Waals surface area contributed by atoms with Gasteiger partial charge in [-0.3, -0.25) is 9.20 Å². The number of fused-ring (bicyclic) bond motifs is 1. The molecule has 29 heavy (non-hydrogen) atoms. The lowest BCUT2D eigenvalue weighted by Crippen LogP contribution is -2.29. The number of benzene rings is 2. The SMILES string of the molecule is Cc1ccc(-c2cn3c(CC(=O)NCCOc4ccc(F)cc4)csc3n2)cc1. The molecule has 5 nitrogen and oxygen atoms in total. The molecule has 0 saturated carbocycles. The van der Waals surface area contributed by atoms with Crippen molar-refractivity contribution in [3.63, 3.8) is 0 Å². The van der Waals surface area contributed by atoms with Gasteiger partial charge in [0.15, 0.2) is 4.96 Å². The van der Waals surface area contributed by atoms with Crippen molar-refractivity contribution in [1.82, 2.24) is 14.7 Å². The van der Waals surface area contributed by atoms with Crippen molar-refractivity contribution in [2.75, 3.05) is 13.2 Å². The second kappa shape index (κ2) is 8.45. The lowest BCUT2D eigenvalue weighted by Gasteiger charge is -2.07. The van der Waals surface area contributed by atoms with Crippen LogP contribution in [0, 0.1) is 12.7 Å². The van der Waals surface area contributed by atoms with Gasteiger partial charge in [-0.25, -0.2) is 9.37 Å². The van der Waals surface area contributed by atoms with E-state index in [1.54, 1.807) is 12.1 Å². The third-order valence-electron chi connectivity index (χ3n) is 4.48. The van der Waals surface area contributed by atoms with Crippen LogP contribution in [0.4, 0.5) is 4.39 Å². The molecule has 0 aliphatic carbocycles. The van der Waals surface area contributed by atoms with Crippen molar-refractivity contribution in [1.29, 1.82) is 0 Å². The van der Waals surface area contributed by atoms with Crippen LogP contribution >= 0.6 is 11.3 Å². The van der Waals surface area contributed by atoms with E-state index < -0.39 is 0 Å². The molecule has 0 aliphatic rings. The van der Waals surface area contributed by atoms with Gasteiger partial charge in [0.05, 0.1) is 18.7 Å². The number of halogens is 1. The van der Waals surface area contributed by atoms with Gasteiger partial charge >= 0.3 is 0 Å². The molecule has 2 heterocycles. The number of hydrogen-bond donors (Lipinski definition) is 1. The van der Waals surface area contributed by atoms with Gasteiger partial charge in [-0.15, -0.1) is 11.3 Å². The Hall–Kier alpha value is -3.19. The second-order valence-corrected chi connectivity index (χ2v) is 7.54. The summed E-state index contributed by atoms with van der Waals surface area (Å²) in [5, 5.41) is 4.80. The summed E-state index contributed by atoms with van der Waals surface area (Å²) in [5.74, 6) is 0.179. The van der Waals surface area contributed by atoms with Crippen molar-refractivity contribution in [3.8, 4) is 17.0 Å². The van der Waals surface area contributed by atoms with Crippen LogP contribution < -0.4 is 10.1 Å². The highest BCUT2D eigenvalue weighted by atomic mass is 32.1. The van der Waals surface area contributed by atoms with E-state index >= 15 is 0 Å². The summed E-state index contributed by atoms with van der Waals surface area (Å²) in [6, 6.07) is 14.0. The Bertz CT molecular complexity index is 1120. The molecule has 7 heteroatoms. The van der Waals surface area contributed by atoms with E-state index in [1.807, 2.05) is 16.0 Å². The number of aromatic nitrogens is 2. The van der Waals surface area contributed by atoms with Gasteiger partial charge in [0.2, 0.25) is 5.91 Å². The monoisotopic (exact) mass is 409 g/mol. The van der Waals surface area contributed by atoms with Gasteiger partial charge in [-0.1, -0.05) is 29.8 Å². The number of carbonyl (C=O) groups excluding carboxylic acids is 1. The zero-order valence-corrected chi connectivity index (χ0v) is 16.7. The first kappa shape index (κ1) is 19.1. The van der Waals surface area contributed by atoms with Crippen LogP contribution in [0.2, 0.25) is 0 Å². The van der Waals surface area contributed by atoms with E-state index in [4.69, 9.17) is 4.74 Å². The lowest BCUT2D eigenvalue weighted by atomic mass is 10.1. The molecular formula is C22H20FN3O2S. The Labute approximate surface area is 171 Å². The smallest absolute Gasteiger partial charge is 0.226 e. The van der Waals surface area contributed by atoms with Crippen LogP contribution in [0.1, 0.15) is 11.3 Å². The van der Waals surface area contributed by atoms with E-state index in [9.17, 15) is 9.18 Å². The number of aryl methyl sites for hydroxylation is 1. The quantitative estimate of drug-likeness (QED) is 0.465. The number of thiazole rings is 1. The van der Waals surface area contributed by atoms with Crippen molar-refractivity contribution < 1.29 is 13.9 Å². The predicted octanol–water partition coefficient (Wildman–Crippen LogP) is 4.25. The number of ether oxygens (including phenoxy) is 1. The van der Waals surface area contributed by atoms with Gasteiger partial charge in [0.25, 0.3) is 0 Å².